The number of benzene rings is 1. The van der Waals surface area contributed by atoms with E-state index >= 15 is 0 Å². The van der Waals surface area contributed by atoms with Gasteiger partial charge in [-0.15, -0.1) is 0 Å². The van der Waals surface area contributed by atoms with Crippen LogP contribution in [0.3, 0.4) is 0 Å². The van der Waals surface area contributed by atoms with E-state index in [1.54, 1.807) is 18.2 Å². The number of rotatable bonds is 5. The number of hydrogen-bond acceptors (Lipinski definition) is 4. The molecule has 0 aliphatic heterocycles. The Morgan fingerprint density at radius 2 is 1.94 bits per heavy atom. The quantitative estimate of drug-likeness (QED) is 0.831. The van der Waals surface area contributed by atoms with Crippen molar-refractivity contribution in [3.63, 3.8) is 0 Å². The maximum Gasteiger partial charge on any atom is 0.101 e. The third kappa shape index (κ3) is 3.23. The standard InChI is InChI=1S/C14H17N3O/c1-3-14(2,10-18)9-17-13-5-4-11(7-15)12(6-13)8-16/h4-6,17-18H,3,9-10H2,1-2H3. The van der Waals surface area contributed by atoms with Crippen LogP contribution in [0.4, 0.5) is 5.69 Å². The van der Waals surface area contributed by atoms with Gasteiger partial charge in [0, 0.05) is 17.6 Å². The number of nitrogens with one attached hydrogen (secondary N) is 1. The Kier molecular flexibility index (Phi) is 4.71. The van der Waals surface area contributed by atoms with E-state index in [-0.39, 0.29) is 12.0 Å². The van der Waals surface area contributed by atoms with Crippen LogP contribution in [0.5, 0.6) is 0 Å². The lowest BCUT2D eigenvalue weighted by Crippen LogP contribution is -2.29. The predicted octanol–water partition coefficient (Wildman–Crippen LogP) is 2.25. The number of nitriles is 2. The summed E-state index contributed by atoms with van der Waals surface area (Å²) in [5.41, 5.74) is 1.35. The average molecular weight is 243 g/mol. The van der Waals surface area contributed by atoms with Gasteiger partial charge in [-0.3, -0.25) is 0 Å². The molecule has 1 unspecified atom stereocenters. The second kappa shape index (κ2) is 6.05. The fraction of sp³-hybridized carbons (Fsp3) is 0.429. The summed E-state index contributed by atoms with van der Waals surface area (Å²) >= 11 is 0. The molecule has 1 aromatic rings. The molecule has 1 atom stereocenters. The first-order chi connectivity index (χ1) is 8.58. The Morgan fingerprint density at radius 1 is 1.28 bits per heavy atom. The number of anilines is 1. The largest absolute Gasteiger partial charge is 0.396 e. The monoisotopic (exact) mass is 243 g/mol. The lowest BCUT2D eigenvalue weighted by Gasteiger charge is -2.26. The third-order valence-corrected chi connectivity index (χ3v) is 3.22. The van der Waals surface area contributed by atoms with Gasteiger partial charge in [0.2, 0.25) is 0 Å². The molecule has 0 heterocycles. The molecule has 18 heavy (non-hydrogen) atoms. The molecule has 0 spiro atoms. The summed E-state index contributed by atoms with van der Waals surface area (Å²) in [6, 6.07) is 9.04. The van der Waals surface area contributed by atoms with Crippen molar-refractivity contribution in [3.8, 4) is 12.1 Å². The maximum atomic E-state index is 9.31. The molecule has 0 bridgehead atoms. The summed E-state index contributed by atoms with van der Waals surface area (Å²) < 4.78 is 0. The fourth-order valence-electron chi connectivity index (χ4n) is 1.45. The van der Waals surface area contributed by atoms with Gasteiger partial charge in [-0.2, -0.15) is 10.5 Å². The minimum absolute atomic E-state index is 0.109. The van der Waals surface area contributed by atoms with Crippen LogP contribution in [0, 0.1) is 28.1 Å². The second-order valence-electron chi connectivity index (χ2n) is 4.66. The van der Waals surface area contributed by atoms with Crippen LogP contribution < -0.4 is 5.32 Å². The van der Waals surface area contributed by atoms with Gasteiger partial charge in [0.05, 0.1) is 17.7 Å². The smallest absolute Gasteiger partial charge is 0.101 e. The first-order valence-electron chi connectivity index (χ1n) is 5.87. The van der Waals surface area contributed by atoms with Crippen molar-refractivity contribution in [2.75, 3.05) is 18.5 Å². The zero-order valence-electron chi connectivity index (χ0n) is 10.7. The Balaban J connectivity index is 2.82. The summed E-state index contributed by atoms with van der Waals surface area (Å²) in [6.07, 6.45) is 0.859. The Hall–Kier alpha value is -2.04. The van der Waals surface area contributed by atoms with Crippen molar-refractivity contribution in [1.82, 2.24) is 0 Å². The topological polar surface area (TPSA) is 79.8 Å². The molecule has 0 amide bonds. The van der Waals surface area contributed by atoms with Gasteiger partial charge >= 0.3 is 0 Å². The Labute approximate surface area is 107 Å². The summed E-state index contributed by atoms with van der Waals surface area (Å²) in [5, 5.41) is 30.3. The molecule has 2 N–H and O–H groups in total. The van der Waals surface area contributed by atoms with Gasteiger partial charge in [-0.25, -0.2) is 0 Å². The van der Waals surface area contributed by atoms with Crippen molar-refractivity contribution >= 4 is 5.69 Å². The highest BCUT2D eigenvalue weighted by molar-refractivity contribution is 5.56. The molecule has 94 valence electrons. The van der Waals surface area contributed by atoms with Crippen molar-refractivity contribution in [2.24, 2.45) is 5.41 Å². The molecule has 0 saturated carbocycles. The molecule has 0 radical (unpaired) electrons. The minimum Gasteiger partial charge on any atom is -0.396 e. The fourth-order valence-corrected chi connectivity index (χ4v) is 1.45. The number of nitrogens with zero attached hydrogens (tertiary/aromatic N) is 2. The minimum atomic E-state index is -0.180. The van der Waals surface area contributed by atoms with Gasteiger partial charge in [0.15, 0.2) is 0 Å². The Bertz CT molecular complexity index is 493. The van der Waals surface area contributed by atoms with Crippen LogP contribution in [-0.4, -0.2) is 18.3 Å². The predicted molar refractivity (Wildman–Crippen MR) is 69.8 cm³/mol. The first kappa shape index (κ1) is 14.0. The molecule has 4 nitrogen and oxygen atoms in total. The van der Waals surface area contributed by atoms with Gasteiger partial charge < -0.3 is 10.4 Å². The molecule has 1 rings (SSSR count). The molecule has 4 heteroatoms. The molecule has 0 aromatic heterocycles. The number of aliphatic hydroxyl groups excluding tert-OH is 1. The van der Waals surface area contributed by atoms with Crippen molar-refractivity contribution in [2.45, 2.75) is 20.3 Å². The molecular formula is C14H17N3O. The van der Waals surface area contributed by atoms with Crippen LogP contribution in [-0.2, 0) is 0 Å². The van der Waals surface area contributed by atoms with Crippen LogP contribution in [0.2, 0.25) is 0 Å². The van der Waals surface area contributed by atoms with E-state index in [2.05, 4.69) is 5.32 Å². The van der Waals surface area contributed by atoms with Crippen molar-refractivity contribution in [3.05, 3.63) is 29.3 Å². The van der Waals surface area contributed by atoms with E-state index in [0.717, 1.165) is 12.1 Å². The first-order valence-corrected chi connectivity index (χ1v) is 5.87. The molecule has 0 fully saturated rings. The van der Waals surface area contributed by atoms with E-state index in [9.17, 15) is 5.11 Å². The lowest BCUT2D eigenvalue weighted by atomic mass is 9.88. The molecule has 0 aliphatic rings. The van der Waals surface area contributed by atoms with Gasteiger partial charge in [-0.1, -0.05) is 13.8 Å². The Morgan fingerprint density at radius 3 is 2.44 bits per heavy atom. The van der Waals surface area contributed by atoms with Crippen LogP contribution in [0.25, 0.3) is 0 Å². The van der Waals surface area contributed by atoms with Crippen LogP contribution >= 0.6 is 0 Å². The van der Waals surface area contributed by atoms with E-state index < -0.39 is 0 Å². The normalized spacial score (nSPS) is 13.2. The number of hydrogen-bond donors (Lipinski definition) is 2. The SMILES string of the molecule is CCC(C)(CO)CNc1ccc(C#N)c(C#N)c1. The second-order valence-corrected chi connectivity index (χ2v) is 4.66. The van der Waals surface area contributed by atoms with Gasteiger partial charge in [0.1, 0.15) is 12.1 Å². The van der Waals surface area contributed by atoms with Crippen LogP contribution in [0.15, 0.2) is 18.2 Å². The van der Waals surface area contributed by atoms with E-state index in [1.807, 2.05) is 26.0 Å². The zero-order chi connectivity index (χ0) is 13.6. The maximum absolute atomic E-state index is 9.31. The van der Waals surface area contributed by atoms with Crippen molar-refractivity contribution in [1.29, 1.82) is 10.5 Å². The highest BCUT2D eigenvalue weighted by Crippen LogP contribution is 2.22. The summed E-state index contributed by atoms with van der Waals surface area (Å²) in [6.45, 7) is 4.75. The number of aliphatic hydroxyl groups is 1. The lowest BCUT2D eigenvalue weighted by molar-refractivity contribution is 0.149. The third-order valence-electron chi connectivity index (χ3n) is 3.22. The molecule has 0 aliphatic carbocycles. The molecule has 1 aromatic carbocycles. The molecular weight excluding hydrogens is 226 g/mol. The highest BCUT2D eigenvalue weighted by Gasteiger charge is 2.20. The van der Waals surface area contributed by atoms with E-state index in [0.29, 0.717) is 17.7 Å². The van der Waals surface area contributed by atoms with Crippen molar-refractivity contribution < 1.29 is 5.11 Å². The van der Waals surface area contributed by atoms with Gasteiger partial charge in [0.25, 0.3) is 0 Å². The van der Waals surface area contributed by atoms with E-state index in [4.69, 9.17) is 10.5 Å². The van der Waals surface area contributed by atoms with Crippen LogP contribution in [0.1, 0.15) is 31.4 Å². The average Bonchev–Trinajstić information content (AvgIpc) is 2.44. The summed E-state index contributed by atoms with van der Waals surface area (Å²) in [4.78, 5) is 0. The summed E-state index contributed by atoms with van der Waals surface area (Å²) in [5.74, 6) is 0. The summed E-state index contributed by atoms with van der Waals surface area (Å²) in [7, 11) is 0. The molecule has 0 saturated heterocycles. The van der Waals surface area contributed by atoms with Gasteiger partial charge in [-0.05, 0) is 24.6 Å². The zero-order valence-corrected chi connectivity index (χ0v) is 10.7. The highest BCUT2D eigenvalue weighted by atomic mass is 16.3. The van der Waals surface area contributed by atoms with E-state index in [1.165, 1.54) is 0 Å².